The van der Waals surface area contributed by atoms with Gasteiger partial charge in [0.25, 0.3) is 5.91 Å². The Morgan fingerprint density at radius 1 is 1.41 bits per heavy atom. The van der Waals surface area contributed by atoms with E-state index in [1.807, 2.05) is 0 Å². The molecule has 1 saturated heterocycles. The zero-order valence-electron chi connectivity index (χ0n) is 12.2. The smallest absolute Gasteiger partial charge is 0.265 e. The maximum Gasteiger partial charge on any atom is 0.265 e. The van der Waals surface area contributed by atoms with Crippen molar-refractivity contribution in [3.05, 3.63) is 18.2 Å². The summed E-state index contributed by atoms with van der Waals surface area (Å²) in [5.74, 6) is 0.139. The summed E-state index contributed by atoms with van der Waals surface area (Å²) in [6.07, 6.45) is -0.00187. The van der Waals surface area contributed by atoms with Crippen molar-refractivity contribution in [1.82, 2.24) is 4.31 Å². The summed E-state index contributed by atoms with van der Waals surface area (Å²) in [6, 6.07) is 4.40. The summed E-state index contributed by atoms with van der Waals surface area (Å²) >= 11 is 0. The lowest BCUT2D eigenvalue weighted by molar-refractivity contribution is -0.122. The standard InChI is InChI=1S/C14H18N2O5S/c1-9-14(18)15-12-7-11(4-5-13(12)21-9)22(19,20)16-6-2-3-10(17)8-16/h4-5,7,9-10,17H,2-3,6,8H2,1H3,(H,15,18)/t9-,10+/m1/s1. The number of amides is 1. The van der Waals surface area contributed by atoms with E-state index in [2.05, 4.69) is 5.32 Å². The topological polar surface area (TPSA) is 95.9 Å². The Bertz CT molecular complexity index is 703. The average Bonchev–Trinajstić information content (AvgIpc) is 2.48. The average molecular weight is 326 g/mol. The first-order valence-electron chi connectivity index (χ1n) is 7.18. The number of anilines is 1. The minimum absolute atomic E-state index is 0.0822. The molecule has 0 aromatic heterocycles. The number of aliphatic hydroxyl groups is 1. The van der Waals surface area contributed by atoms with Gasteiger partial charge in [0, 0.05) is 13.1 Å². The lowest BCUT2D eigenvalue weighted by Gasteiger charge is -2.30. The maximum atomic E-state index is 12.6. The van der Waals surface area contributed by atoms with Crippen LogP contribution >= 0.6 is 0 Å². The monoisotopic (exact) mass is 326 g/mol. The number of fused-ring (bicyclic) bond motifs is 1. The molecular formula is C14H18N2O5S. The van der Waals surface area contributed by atoms with E-state index in [4.69, 9.17) is 4.74 Å². The number of piperidine rings is 1. The van der Waals surface area contributed by atoms with Gasteiger partial charge in [0.1, 0.15) is 5.75 Å². The number of β-amino-alcohol motifs (C(OH)–C–C–N with tert-alkyl or cyclic N) is 1. The van der Waals surface area contributed by atoms with Gasteiger partial charge in [0.15, 0.2) is 6.10 Å². The molecule has 7 nitrogen and oxygen atoms in total. The molecule has 22 heavy (non-hydrogen) atoms. The molecule has 0 aliphatic carbocycles. The molecule has 2 heterocycles. The van der Waals surface area contributed by atoms with E-state index in [9.17, 15) is 18.3 Å². The van der Waals surface area contributed by atoms with Gasteiger partial charge in [0.05, 0.1) is 16.7 Å². The van der Waals surface area contributed by atoms with Crippen LogP contribution in [-0.4, -0.2) is 49.0 Å². The van der Waals surface area contributed by atoms with Crippen LogP contribution in [0.4, 0.5) is 5.69 Å². The van der Waals surface area contributed by atoms with E-state index in [1.54, 1.807) is 13.0 Å². The molecule has 2 aliphatic heterocycles. The Morgan fingerprint density at radius 2 is 2.18 bits per heavy atom. The van der Waals surface area contributed by atoms with Crippen LogP contribution in [0.15, 0.2) is 23.1 Å². The third-order valence-corrected chi connectivity index (χ3v) is 5.74. The predicted molar refractivity (Wildman–Crippen MR) is 79.2 cm³/mol. The number of benzene rings is 1. The van der Waals surface area contributed by atoms with Crippen molar-refractivity contribution in [2.24, 2.45) is 0 Å². The van der Waals surface area contributed by atoms with Crippen LogP contribution in [0.3, 0.4) is 0 Å². The van der Waals surface area contributed by atoms with Crippen LogP contribution in [0, 0.1) is 0 Å². The Labute approximate surface area is 128 Å². The molecule has 3 rings (SSSR count). The SMILES string of the molecule is C[C@H]1Oc2ccc(S(=O)(=O)N3CCC[C@H](O)C3)cc2NC1=O. The number of hydrogen-bond donors (Lipinski definition) is 2. The van der Waals surface area contributed by atoms with E-state index in [0.717, 1.165) is 0 Å². The van der Waals surface area contributed by atoms with Crippen LogP contribution in [0.25, 0.3) is 0 Å². The molecule has 1 aromatic carbocycles. The van der Waals surface area contributed by atoms with E-state index >= 15 is 0 Å². The van der Waals surface area contributed by atoms with Crippen LogP contribution in [-0.2, 0) is 14.8 Å². The first-order valence-corrected chi connectivity index (χ1v) is 8.62. The number of nitrogens with zero attached hydrogens (tertiary/aromatic N) is 1. The van der Waals surface area contributed by atoms with Crippen molar-refractivity contribution in [2.75, 3.05) is 18.4 Å². The summed E-state index contributed by atoms with van der Waals surface area (Å²) in [5, 5.41) is 12.3. The van der Waals surface area contributed by atoms with E-state index in [-0.39, 0.29) is 17.3 Å². The third-order valence-electron chi connectivity index (χ3n) is 3.88. The van der Waals surface area contributed by atoms with Gasteiger partial charge >= 0.3 is 0 Å². The fraction of sp³-hybridized carbons (Fsp3) is 0.500. The molecule has 120 valence electrons. The van der Waals surface area contributed by atoms with Gasteiger partial charge in [-0.05, 0) is 38.0 Å². The molecule has 1 aromatic rings. The molecule has 8 heteroatoms. The van der Waals surface area contributed by atoms with Crippen LogP contribution < -0.4 is 10.1 Å². The van der Waals surface area contributed by atoms with Gasteiger partial charge in [-0.2, -0.15) is 4.31 Å². The van der Waals surface area contributed by atoms with Gasteiger partial charge in [-0.15, -0.1) is 0 Å². The molecule has 1 amide bonds. The van der Waals surface area contributed by atoms with Gasteiger partial charge < -0.3 is 15.2 Å². The number of nitrogens with one attached hydrogen (secondary N) is 1. The summed E-state index contributed by atoms with van der Waals surface area (Å²) in [4.78, 5) is 11.7. The molecule has 2 atom stereocenters. The first kappa shape index (κ1) is 15.3. The predicted octanol–water partition coefficient (Wildman–Crippen LogP) is 0.551. The Hall–Kier alpha value is -1.64. The van der Waals surface area contributed by atoms with Crippen LogP contribution in [0.1, 0.15) is 19.8 Å². The zero-order chi connectivity index (χ0) is 15.9. The van der Waals surface area contributed by atoms with Crippen molar-refractivity contribution in [1.29, 1.82) is 0 Å². The molecular weight excluding hydrogens is 308 g/mol. The first-order chi connectivity index (χ1) is 10.4. The van der Waals surface area contributed by atoms with Crippen molar-refractivity contribution in [3.63, 3.8) is 0 Å². The number of sulfonamides is 1. The number of carbonyl (C=O) groups excluding carboxylic acids is 1. The summed E-state index contributed by atoms with van der Waals surface area (Å²) in [7, 11) is -3.69. The number of carbonyl (C=O) groups is 1. The lowest BCUT2D eigenvalue weighted by Crippen LogP contribution is -2.42. The lowest BCUT2D eigenvalue weighted by atomic mass is 10.1. The number of aliphatic hydroxyl groups excluding tert-OH is 1. The summed E-state index contributed by atoms with van der Waals surface area (Å²) in [6.45, 7) is 2.10. The van der Waals surface area contributed by atoms with Crippen molar-refractivity contribution >= 4 is 21.6 Å². The molecule has 1 fully saturated rings. The van der Waals surface area contributed by atoms with Gasteiger partial charge in [-0.1, -0.05) is 0 Å². The Morgan fingerprint density at radius 3 is 2.91 bits per heavy atom. The van der Waals surface area contributed by atoms with Crippen LogP contribution in [0.2, 0.25) is 0 Å². The van der Waals surface area contributed by atoms with Crippen LogP contribution in [0.5, 0.6) is 5.75 Å². The maximum absolute atomic E-state index is 12.6. The number of hydrogen-bond acceptors (Lipinski definition) is 5. The minimum Gasteiger partial charge on any atom is -0.479 e. The second-order valence-electron chi connectivity index (χ2n) is 5.57. The number of ether oxygens (including phenoxy) is 1. The molecule has 0 saturated carbocycles. The third kappa shape index (κ3) is 2.69. The second kappa shape index (κ2) is 5.53. The fourth-order valence-corrected chi connectivity index (χ4v) is 4.18. The van der Waals surface area contributed by atoms with E-state index < -0.39 is 22.2 Å². The van der Waals surface area contributed by atoms with Gasteiger partial charge in [0.2, 0.25) is 10.0 Å². The van der Waals surface area contributed by atoms with E-state index in [1.165, 1.54) is 16.4 Å². The molecule has 0 bridgehead atoms. The number of rotatable bonds is 2. The Balaban J connectivity index is 1.92. The highest BCUT2D eigenvalue weighted by Crippen LogP contribution is 2.33. The molecule has 2 N–H and O–H groups in total. The highest BCUT2D eigenvalue weighted by Gasteiger charge is 2.31. The zero-order valence-corrected chi connectivity index (χ0v) is 13.0. The summed E-state index contributed by atoms with van der Waals surface area (Å²) in [5.41, 5.74) is 0.349. The highest BCUT2D eigenvalue weighted by molar-refractivity contribution is 7.89. The van der Waals surface area contributed by atoms with Crippen molar-refractivity contribution < 1.29 is 23.1 Å². The normalized spacial score (nSPS) is 26.0. The largest absolute Gasteiger partial charge is 0.479 e. The highest BCUT2D eigenvalue weighted by atomic mass is 32.2. The van der Waals surface area contributed by atoms with E-state index in [0.29, 0.717) is 30.8 Å². The quantitative estimate of drug-likeness (QED) is 0.827. The Kier molecular flexibility index (Phi) is 3.84. The second-order valence-corrected chi connectivity index (χ2v) is 7.50. The molecule has 2 aliphatic rings. The molecule has 0 unspecified atom stereocenters. The van der Waals surface area contributed by atoms with Crippen molar-refractivity contribution in [2.45, 2.75) is 36.9 Å². The van der Waals surface area contributed by atoms with Crippen molar-refractivity contribution in [3.8, 4) is 5.75 Å². The van der Waals surface area contributed by atoms with Gasteiger partial charge in [-0.3, -0.25) is 4.79 Å². The minimum atomic E-state index is -3.69. The van der Waals surface area contributed by atoms with Gasteiger partial charge in [-0.25, -0.2) is 8.42 Å². The molecule has 0 spiro atoms. The summed E-state index contributed by atoms with van der Waals surface area (Å²) < 4.78 is 31.9. The molecule has 0 radical (unpaired) electrons. The fourth-order valence-electron chi connectivity index (χ4n) is 2.64.